The van der Waals surface area contributed by atoms with Gasteiger partial charge in [0.15, 0.2) is 9.84 Å². The molecule has 0 radical (unpaired) electrons. The van der Waals surface area contributed by atoms with Crippen molar-refractivity contribution >= 4 is 33.7 Å². The number of sulfone groups is 1. The summed E-state index contributed by atoms with van der Waals surface area (Å²) >= 11 is 0. The number of morpholine rings is 1. The van der Waals surface area contributed by atoms with Crippen molar-refractivity contribution in [3.63, 3.8) is 0 Å². The van der Waals surface area contributed by atoms with Crippen LogP contribution in [0.5, 0.6) is 0 Å². The molecule has 2 rings (SSSR count). The largest absolute Gasteiger partial charge is 0.478 e. The van der Waals surface area contributed by atoms with E-state index in [0.29, 0.717) is 35.7 Å². The third-order valence-electron chi connectivity index (χ3n) is 4.10. The zero-order valence-electron chi connectivity index (χ0n) is 19.4. The molecule has 0 aromatic heterocycles. The fraction of sp³-hybridized carbons (Fsp3) is 0.364. The molecule has 14 heteroatoms. The van der Waals surface area contributed by atoms with Gasteiger partial charge in [0.2, 0.25) is 0 Å². The van der Waals surface area contributed by atoms with Gasteiger partial charge in [0.05, 0.1) is 23.9 Å². The van der Waals surface area contributed by atoms with Gasteiger partial charge in [-0.05, 0) is 12.1 Å². The maximum absolute atomic E-state index is 12.0. The Kier molecular flexibility index (Phi) is 16.8. The van der Waals surface area contributed by atoms with Crippen LogP contribution in [0.4, 0.5) is 0 Å². The molecule has 5 N–H and O–H groups in total. The first-order valence-corrected chi connectivity index (χ1v) is 12.2. The third kappa shape index (κ3) is 18.8. The summed E-state index contributed by atoms with van der Waals surface area (Å²) in [6.45, 7) is 5.75. The van der Waals surface area contributed by atoms with E-state index in [9.17, 15) is 27.6 Å². The lowest BCUT2D eigenvalue weighted by Gasteiger charge is -2.26. The lowest BCUT2D eigenvalue weighted by atomic mass is 10.4. The maximum Gasteiger partial charge on any atom is 0.328 e. The van der Waals surface area contributed by atoms with E-state index >= 15 is 0 Å². The van der Waals surface area contributed by atoms with Gasteiger partial charge in [0, 0.05) is 57.0 Å². The lowest BCUT2D eigenvalue weighted by Crippen LogP contribution is -2.40. The highest BCUT2D eigenvalue weighted by atomic mass is 32.2. The first-order valence-electron chi connectivity index (χ1n) is 10.5. The molecule has 1 aliphatic rings. The number of benzene rings is 1. The van der Waals surface area contributed by atoms with Crippen molar-refractivity contribution in [2.45, 2.75) is 4.90 Å². The van der Waals surface area contributed by atoms with Crippen LogP contribution in [-0.4, -0.2) is 109 Å². The number of nitrogens with one attached hydrogen (secondary N) is 1. The van der Waals surface area contributed by atoms with Gasteiger partial charge in [-0.1, -0.05) is 18.2 Å². The average molecular weight is 531 g/mol. The van der Waals surface area contributed by atoms with Gasteiger partial charge in [-0.2, -0.15) is 0 Å². The minimum absolute atomic E-state index is 0.139. The Morgan fingerprint density at radius 1 is 0.806 bits per heavy atom. The van der Waals surface area contributed by atoms with E-state index in [1.165, 1.54) is 0 Å². The highest BCUT2D eigenvalue weighted by molar-refractivity contribution is 7.91. The SMILES string of the molecule is O=C(O)/C=C\C(=O)O.O=C(O)/C=C\C(=O)O.O=S(=O)(CCNCCN1CCOCC1)c1ccccc1. The van der Waals surface area contributed by atoms with Gasteiger partial charge >= 0.3 is 23.9 Å². The normalized spacial score (nSPS) is 13.8. The van der Waals surface area contributed by atoms with Gasteiger partial charge in [-0.3, -0.25) is 4.90 Å². The van der Waals surface area contributed by atoms with Crippen molar-refractivity contribution < 1.29 is 52.8 Å². The number of carboxylic acids is 4. The predicted octanol–water partition coefficient (Wildman–Crippen LogP) is -0.194. The van der Waals surface area contributed by atoms with Crippen LogP contribution in [0.2, 0.25) is 0 Å². The molecule has 1 saturated heterocycles. The summed E-state index contributed by atoms with van der Waals surface area (Å²) in [6, 6.07) is 8.60. The molecule has 0 unspecified atom stereocenters. The van der Waals surface area contributed by atoms with E-state index in [-0.39, 0.29) is 5.75 Å². The molecule has 1 fully saturated rings. The molecule has 1 heterocycles. The molecule has 1 aliphatic heterocycles. The number of ether oxygens (including phenoxy) is 1. The van der Waals surface area contributed by atoms with Crippen LogP contribution < -0.4 is 5.32 Å². The second-order valence-electron chi connectivity index (χ2n) is 6.86. The molecular weight excluding hydrogens is 500 g/mol. The molecule has 0 saturated carbocycles. The summed E-state index contributed by atoms with van der Waals surface area (Å²) in [5, 5.41) is 34.4. The van der Waals surface area contributed by atoms with Crippen molar-refractivity contribution in [3.8, 4) is 0 Å². The van der Waals surface area contributed by atoms with E-state index in [0.717, 1.165) is 39.4 Å². The lowest BCUT2D eigenvalue weighted by molar-refractivity contribution is -0.134. The maximum atomic E-state index is 12.0. The van der Waals surface area contributed by atoms with Crippen molar-refractivity contribution in [2.24, 2.45) is 0 Å². The Bertz CT molecular complexity index is 921. The van der Waals surface area contributed by atoms with Crippen LogP contribution in [0.15, 0.2) is 59.5 Å². The van der Waals surface area contributed by atoms with Crippen molar-refractivity contribution in [1.82, 2.24) is 10.2 Å². The molecular formula is C22H30N2O11S. The van der Waals surface area contributed by atoms with Crippen molar-refractivity contribution in [3.05, 3.63) is 54.6 Å². The van der Waals surface area contributed by atoms with E-state index < -0.39 is 33.7 Å². The Labute approximate surface area is 208 Å². The zero-order chi connectivity index (χ0) is 27.4. The molecule has 0 atom stereocenters. The van der Waals surface area contributed by atoms with Crippen molar-refractivity contribution in [1.29, 1.82) is 0 Å². The van der Waals surface area contributed by atoms with E-state index in [1.54, 1.807) is 24.3 Å². The van der Waals surface area contributed by atoms with Crippen LogP contribution in [0.1, 0.15) is 0 Å². The molecule has 1 aromatic rings. The smallest absolute Gasteiger partial charge is 0.328 e. The van der Waals surface area contributed by atoms with Gasteiger partial charge in [-0.15, -0.1) is 0 Å². The molecule has 0 aliphatic carbocycles. The summed E-state index contributed by atoms with van der Waals surface area (Å²) < 4.78 is 29.3. The summed E-state index contributed by atoms with van der Waals surface area (Å²) in [7, 11) is -3.16. The van der Waals surface area contributed by atoms with Gasteiger partial charge in [0.25, 0.3) is 0 Å². The number of carbonyl (C=O) groups is 4. The van der Waals surface area contributed by atoms with Gasteiger partial charge < -0.3 is 30.5 Å². The highest BCUT2D eigenvalue weighted by Gasteiger charge is 2.13. The predicted molar refractivity (Wildman–Crippen MR) is 127 cm³/mol. The van der Waals surface area contributed by atoms with E-state index in [4.69, 9.17) is 25.2 Å². The summed E-state index contributed by atoms with van der Waals surface area (Å²) in [4.78, 5) is 40.9. The van der Waals surface area contributed by atoms with Crippen LogP contribution in [0, 0.1) is 0 Å². The molecule has 0 spiro atoms. The van der Waals surface area contributed by atoms with Crippen LogP contribution >= 0.6 is 0 Å². The first-order chi connectivity index (χ1) is 16.9. The topological polar surface area (TPSA) is 208 Å². The van der Waals surface area contributed by atoms with Gasteiger partial charge in [-0.25, -0.2) is 27.6 Å². The van der Waals surface area contributed by atoms with Crippen LogP contribution in [-0.2, 0) is 33.8 Å². The highest BCUT2D eigenvalue weighted by Crippen LogP contribution is 2.09. The quantitative estimate of drug-likeness (QED) is 0.186. The molecule has 200 valence electrons. The Balaban J connectivity index is 0.000000634. The Hall–Kier alpha value is -3.59. The first kappa shape index (κ1) is 32.4. The van der Waals surface area contributed by atoms with Gasteiger partial charge in [0.1, 0.15) is 0 Å². The fourth-order valence-corrected chi connectivity index (χ4v) is 3.64. The van der Waals surface area contributed by atoms with Crippen molar-refractivity contribution in [2.75, 3.05) is 51.7 Å². The fourth-order valence-electron chi connectivity index (χ4n) is 2.42. The summed E-state index contributed by atoms with van der Waals surface area (Å²) in [5.74, 6) is -4.89. The molecule has 1 aromatic carbocycles. The minimum atomic E-state index is -3.16. The molecule has 0 bridgehead atoms. The average Bonchev–Trinajstić information content (AvgIpc) is 2.83. The third-order valence-corrected chi connectivity index (χ3v) is 5.83. The Morgan fingerprint density at radius 3 is 1.67 bits per heavy atom. The minimum Gasteiger partial charge on any atom is -0.478 e. The van der Waals surface area contributed by atoms with Crippen LogP contribution in [0.3, 0.4) is 0 Å². The van der Waals surface area contributed by atoms with E-state index in [2.05, 4.69) is 10.2 Å². The number of hydrogen-bond donors (Lipinski definition) is 5. The number of aliphatic carboxylic acids is 4. The number of rotatable bonds is 11. The second-order valence-corrected chi connectivity index (χ2v) is 8.96. The number of hydrogen-bond acceptors (Lipinski definition) is 9. The molecule has 36 heavy (non-hydrogen) atoms. The number of nitrogens with zero attached hydrogens (tertiary/aromatic N) is 1. The second kappa shape index (κ2) is 18.7. The molecule has 13 nitrogen and oxygen atoms in total. The summed E-state index contributed by atoms with van der Waals surface area (Å²) in [5.41, 5.74) is 0. The van der Waals surface area contributed by atoms with Crippen LogP contribution in [0.25, 0.3) is 0 Å². The van der Waals surface area contributed by atoms with E-state index in [1.807, 2.05) is 6.07 Å². The molecule has 0 amide bonds. The Morgan fingerprint density at radius 2 is 1.25 bits per heavy atom. The standard InChI is InChI=1S/C14H22N2O3S.2C4H4O4/c17-20(18,14-4-2-1-3-5-14)13-7-15-6-8-16-9-11-19-12-10-16;2*5-3(6)1-2-4(7)8/h1-5,15H,6-13H2;2*1-2H,(H,5,6)(H,7,8)/b;2*2-1-. The summed E-state index contributed by atoms with van der Waals surface area (Å²) in [6.07, 6.45) is 2.23. The number of carboxylic acid groups (broad SMARTS) is 4. The monoisotopic (exact) mass is 530 g/mol. The zero-order valence-corrected chi connectivity index (χ0v) is 20.2.